The highest BCUT2D eigenvalue weighted by atomic mass is 32.2. The van der Waals surface area contributed by atoms with Gasteiger partial charge in [-0.2, -0.15) is 15.0 Å². The molecule has 0 saturated carbocycles. The Morgan fingerprint density at radius 3 is 2.12 bits per heavy atom. The molecule has 1 aromatic heterocycles. The lowest BCUT2D eigenvalue weighted by molar-refractivity contribution is 0.0696. The maximum absolute atomic E-state index is 11.6. The summed E-state index contributed by atoms with van der Waals surface area (Å²) in [5.41, 5.74) is -0.368. The first-order valence-electron chi connectivity index (χ1n) is 9.72. The second-order valence-electron chi connectivity index (χ2n) is 6.69. The van der Waals surface area contributed by atoms with Gasteiger partial charge in [0.2, 0.25) is 27.9 Å². The van der Waals surface area contributed by atoms with Gasteiger partial charge in [-0.15, -0.1) is 0 Å². The van der Waals surface area contributed by atoms with Crippen molar-refractivity contribution in [3.8, 4) is 0 Å². The van der Waals surface area contributed by atoms with Crippen LogP contribution in [0.15, 0.2) is 18.2 Å². The zero-order valence-corrected chi connectivity index (χ0v) is 19.3. The lowest BCUT2D eigenvalue weighted by Gasteiger charge is -2.19. The number of sulfonamides is 1. The molecule has 2 rings (SSSR count). The highest BCUT2D eigenvalue weighted by Crippen LogP contribution is 2.21. The second kappa shape index (κ2) is 12.6. The van der Waals surface area contributed by atoms with Crippen LogP contribution in [-0.2, 0) is 10.0 Å². The number of carboxylic acid groups (broad SMARTS) is 2. The molecule has 0 aliphatic rings. The van der Waals surface area contributed by atoms with Crippen molar-refractivity contribution in [2.45, 2.75) is 6.92 Å². The molecule has 1 heterocycles. The van der Waals surface area contributed by atoms with Crippen LogP contribution in [0.4, 0.5) is 23.5 Å². The number of aromatic carboxylic acids is 2. The molecule has 1 aromatic carbocycles. The maximum Gasteiger partial charge on any atom is 0.335 e. The fourth-order valence-corrected chi connectivity index (χ4v) is 3.09. The number of aliphatic hydroxyl groups is 1. The molecule has 0 atom stereocenters. The van der Waals surface area contributed by atoms with E-state index in [4.69, 9.17) is 5.11 Å². The molecule has 188 valence electrons. The van der Waals surface area contributed by atoms with Crippen molar-refractivity contribution >= 4 is 45.5 Å². The van der Waals surface area contributed by atoms with Crippen molar-refractivity contribution in [2.24, 2.45) is 0 Å². The van der Waals surface area contributed by atoms with Gasteiger partial charge in [0.1, 0.15) is 0 Å². The Hall–Kier alpha value is -3.60. The quantitative estimate of drug-likeness (QED) is 0.192. The van der Waals surface area contributed by atoms with Gasteiger partial charge >= 0.3 is 11.9 Å². The van der Waals surface area contributed by atoms with E-state index in [-0.39, 0.29) is 72.1 Å². The largest absolute Gasteiger partial charge is 0.478 e. The van der Waals surface area contributed by atoms with E-state index < -0.39 is 22.0 Å². The molecule has 0 saturated heterocycles. The van der Waals surface area contributed by atoms with E-state index >= 15 is 0 Å². The van der Waals surface area contributed by atoms with Crippen LogP contribution in [-0.4, -0.2) is 95.1 Å². The predicted octanol–water partition coefficient (Wildman–Crippen LogP) is -1.03. The molecule has 8 N–H and O–H groups in total. The molecule has 0 aliphatic heterocycles. The third-order valence-electron chi connectivity index (χ3n) is 4.19. The van der Waals surface area contributed by atoms with Crippen molar-refractivity contribution < 1.29 is 38.8 Å². The fourth-order valence-electron chi connectivity index (χ4n) is 2.48. The Balaban J connectivity index is 0.00000578. The van der Waals surface area contributed by atoms with Crippen molar-refractivity contribution in [3.63, 3.8) is 0 Å². The van der Waals surface area contributed by atoms with E-state index in [1.807, 2.05) is 0 Å². The average Bonchev–Trinajstić information content (AvgIpc) is 2.77. The first kappa shape index (κ1) is 28.4. The number of hydrogen-bond donors (Lipinski definition) is 6. The standard InChI is InChI=1S/C18H25N7O7S.H2O/c1-3-33(31,32)20-4-6-25(2)18-23-16(19-5-7-26)22-17(24-18)21-13-9-11(14(27)28)8-12(10-13)15(29)30;/h8-10,20,26H,3-7H2,1-2H3,(H,27,28)(H,29,30)(H2,19,21,22,23,24);1H2. The topological polar surface area (TPSA) is 238 Å². The molecule has 2 aromatic rings. The Morgan fingerprint density at radius 2 is 1.59 bits per heavy atom. The number of hydrogen-bond acceptors (Lipinski definition) is 11. The van der Waals surface area contributed by atoms with Gasteiger partial charge in [0.25, 0.3) is 0 Å². The van der Waals surface area contributed by atoms with E-state index in [9.17, 15) is 28.2 Å². The van der Waals surface area contributed by atoms with Crippen LogP contribution in [0, 0.1) is 0 Å². The SMILES string of the molecule is CCS(=O)(=O)NCCN(C)c1nc(NCCO)nc(Nc2cc(C(=O)O)cc(C(=O)O)c2)n1.O. The highest BCUT2D eigenvalue weighted by Gasteiger charge is 2.15. The third kappa shape index (κ3) is 8.39. The Bertz CT molecular complexity index is 1080. The van der Waals surface area contributed by atoms with Crippen LogP contribution < -0.4 is 20.3 Å². The monoisotopic (exact) mass is 501 g/mol. The summed E-state index contributed by atoms with van der Waals surface area (Å²) in [6, 6.07) is 3.47. The van der Waals surface area contributed by atoms with E-state index in [0.29, 0.717) is 0 Å². The molecular weight excluding hydrogens is 474 g/mol. The van der Waals surface area contributed by atoms with E-state index in [0.717, 1.165) is 6.07 Å². The minimum Gasteiger partial charge on any atom is -0.478 e. The number of nitrogens with zero attached hydrogens (tertiary/aromatic N) is 4. The van der Waals surface area contributed by atoms with Crippen LogP contribution in [0.3, 0.4) is 0 Å². The molecule has 34 heavy (non-hydrogen) atoms. The number of anilines is 4. The van der Waals surface area contributed by atoms with E-state index in [1.165, 1.54) is 19.1 Å². The van der Waals surface area contributed by atoms with Crippen LogP contribution in [0.25, 0.3) is 0 Å². The molecule has 0 unspecified atom stereocenters. The minimum absolute atomic E-state index is 0. The predicted molar refractivity (Wildman–Crippen MR) is 123 cm³/mol. The lowest BCUT2D eigenvalue weighted by atomic mass is 10.1. The van der Waals surface area contributed by atoms with Gasteiger partial charge in [-0.3, -0.25) is 0 Å². The number of carbonyl (C=O) groups is 2. The van der Waals surface area contributed by atoms with Crippen LogP contribution >= 0.6 is 0 Å². The molecule has 0 bridgehead atoms. The van der Waals surface area contributed by atoms with Gasteiger partial charge in [-0.1, -0.05) is 0 Å². The summed E-state index contributed by atoms with van der Waals surface area (Å²) >= 11 is 0. The summed E-state index contributed by atoms with van der Waals surface area (Å²) in [5.74, 6) is -2.46. The van der Waals surface area contributed by atoms with E-state index in [1.54, 1.807) is 11.9 Å². The maximum atomic E-state index is 11.6. The van der Waals surface area contributed by atoms with Crippen molar-refractivity contribution in [3.05, 3.63) is 29.3 Å². The Morgan fingerprint density at radius 1 is 1.00 bits per heavy atom. The van der Waals surface area contributed by atoms with Crippen LogP contribution in [0.5, 0.6) is 0 Å². The molecule has 16 heteroatoms. The van der Waals surface area contributed by atoms with Gasteiger partial charge in [-0.25, -0.2) is 22.7 Å². The van der Waals surface area contributed by atoms with Gasteiger partial charge in [0, 0.05) is 32.4 Å². The van der Waals surface area contributed by atoms with Crippen LogP contribution in [0.1, 0.15) is 27.6 Å². The third-order valence-corrected chi connectivity index (χ3v) is 5.60. The number of rotatable bonds is 13. The van der Waals surface area contributed by atoms with Crippen LogP contribution in [0.2, 0.25) is 0 Å². The Kier molecular flexibility index (Phi) is 10.5. The zero-order valence-electron chi connectivity index (χ0n) is 18.4. The molecule has 0 amide bonds. The summed E-state index contributed by atoms with van der Waals surface area (Å²) in [5, 5.41) is 33.1. The summed E-state index contributed by atoms with van der Waals surface area (Å²) in [6.45, 7) is 1.79. The number of nitrogens with one attached hydrogen (secondary N) is 3. The number of likely N-dealkylation sites (N-methyl/N-ethyl adjacent to an activating group) is 1. The van der Waals surface area contributed by atoms with Crippen molar-refractivity contribution in [1.82, 2.24) is 19.7 Å². The second-order valence-corrected chi connectivity index (χ2v) is 8.78. The number of aromatic nitrogens is 3. The first-order valence-corrected chi connectivity index (χ1v) is 11.4. The first-order chi connectivity index (χ1) is 15.5. The number of aliphatic hydroxyl groups excluding tert-OH is 1. The minimum atomic E-state index is -3.37. The molecule has 15 nitrogen and oxygen atoms in total. The molecule has 0 aliphatic carbocycles. The molecule has 0 spiro atoms. The molecule has 0 fully saturated rings. The van der Waals surface area contributed by atoms with Crippen molar-refractivity contribution in [2.75, 3.05) is 54.6 Å². The van der Waals surface area contributed by atoms with Gasteiger partial charge < -0.3 is 36.3 Å². The summed E-state index contributed by atoms with van der Waals surface area (Å²) in [6.07, 6.45) is 0. The average molecular weight is 502 g/mol. The number of benzene rings is 1. The van der Waals surface area contributed by atoms with Crippen molar-refractivity contribution in [1.29, 1.82) is 0 Å². The Labute approximate surface area is 195 Å². The summed E-state index contributed by atoms with van der Waals surface area (Å²) in [7, 11) is -1.74. The zero-order chi connectivity index (χ0) is 24.6. The normalized spacial score (nSPS) is 10.8. The molecule has 0 radical (unpaired) electrons. The lowest BCUT2D eigenvalue weighted by Crippen LogP contribution is -2.34. The summed E-state index contributed by atoms with van der Waals surface area (Å²) < 4.78 is 25.6. The smallest absolute Gasteiger partial charge is 0.335 e. The van der Waals surface area contributed by atoms with E-state index in [2.05, 4.69) is 30.3 Å². The summed E-state index contributed by atoms with van der Waals surface area (Å²) in [4.78, 5) is 36.8. The fraction of sp³-hybridized carbons (Fsp3) is 0.389. The van der Waals surface area contributed by atoms with Gasteiger partial charge in [0.05, 0.1) is 23.5 Å². The molecular formula is C18H27N7O8S. The van der Waals surface area contributed by atoms with Gasteiger partial charge in [-0.05, 0) is 25.1 Å². The number of carboxylic acids is 2. The highest BCUT2D eigenvalue weighted by molar-refractivity contribution is 7.89. The van der Waals surface area contributed by atoms with Gasteiger partial charge in [0.15, 0.2) is 0 Å².